The smallest absolute Gasteiger partial charge is 0.410 e. The lowest BCUT2D eigenvalue weighted by molar-refractivity contribution is -0.0516. The van der Waals surface area contributed by atoms with Gasteiger partial charge in [-0.25, -0.2) is 4.79 Å². The number of hydrogen-bond acceptors (Lipinski definition) is 6. The second-order valence-electron chi connectivity index (χ2n) is 8.92. The highest BCUT2D eigenvalue weighted by molar-refractivity contribution is 5.69. The Morgan fingerprint density at radius 2 is 2.06 bits per heavy atom. The molecule has 9 nitrogen and oxygen atoms in total. The van der Waals surface area contributed by atoms with Crippen LogP contribution >= 0.6 is 0 Å². The number of nitrogens with zero attached hydrogens (tertiary/aromatic N) is 4. The Kier molecular flexibility index (Phi) is 7.50. The molecular formula is C21H28F2N4O5. The second-order valence-corrected chi connectivity index (χ2v) is 8.92. The fourth-order valence-corrected chi connectivity index (χ4v) is 3.36. The van der Waals surface area contributed by atoms with Gasteiger partial charge in [0.05, 0.1) is 13.2 Å². The first-order valence-corrected chi connectivity index (χ1v) is 10.5. The molecular weight excluding hydrogens is 426 g/mol. The quantitative estimate of drug-likeness (QED) is 0.292. The molecule has 0 aromatic heterocycles. The number of carbonyl (C=O) groups is 1. The van der Waals surface area contributed by atoms with Gasteiger partial charge in [0.1, 0.15) is 17.5 Å². The summed E-state index contributed by atoms with van der Waals surface area (Å²) in [6.07, 6.45) is 1.61. The number of halogens is 2. The van der Waals surface area contributed by atoms with Crippen LogP contribution in [0.25, 0.3) is 10.4 Å². The van der Waals surface area contributed by atoms with Gasteiger partial charge in [0, 0.05) is 30.0 Å². The predicted molar refractivity (Wildman–Crippen MR) is 111 cm³/mol. The first-order chi connectivity index (χ1) is 15.1. The Morgan fingerprint density at radius 3 is 2.69 bits per heavy atom. The molecule has 0 radical (unpaired) electrons. The molecule has 0 bridgehead atoms. The largest absolute Gasteiger partial charge is 0.489 e. The third-order valence-electron chi connectivity index (χ3n) is 4.97. The number of carbonyl (C=O) groups excluding carboxylic acids is 1. The zero-order valence-corrected chi connectivity index (χ0v) is 18.4. The highest BCUT2D eigenvalue weighted by Gasteiger charge is 2.38. The summed E-state index contributed by atoms with van der Waals surface area (Å²) in [4.78, 5) is 16.9. The standard InChI is InChI=1S/C21H28F2N4O5/c1-21(2,3)32-20(28)27-11-16(8-14(27)10-25-26-24)30-15-6-7-17(31-19(22)23)18(9-15)29-12-13-4-5-13/h6-7,9,13-14,16,19H,4-5,8,10-12H2,1-3H3/t14-,16+/m1/s1. The molecule has 1 saturated carbocycles. The van der Waals surface area contributed by atoms with Crippen LogP contribution in [0.2, 0.25) is 0 Å². The molecule has 1 aromatic rings. The zero-order chi connectivity index (χ0) is 23.3. The Bertz CT molecular complexity index is 853. The maximum Gasteiger partial charge on any atom is 0.410 e. The van der Waals surface area contributed by atoms with Crippen LogP contribution in [0.3, 0.4) is 0 Å². The van der Waals surface area contributed by atoms with Crippen molar-refractivity contribution in [2.75, 3.05) is 19.7 Å². The predicted octanol–water partition coefficient (Wildman–Crippen LogP) is 5.14. The first-order valence-electron chi connectivity index (χ1n) is 10.5. The van der Waals surface area contributed by atoms with E-state index >= 15 is 0 Å². The van der Waals surface area contributed by atoms with Crippen molar-refractivity contribution in [1.82, 2.24) is 4.90 Å². The second kappa shape index (κ2) is 10.1. The van der Waals surface area contributed by atoms with Crippen molar-refractivity contribution >= 4 is 6.09 Å². The molecule has 1 heterocycles. The number of azide groups is 1. The van der Waals surface area contributed by atoms with Crippen LogP contribution in [0.4, 0.5) is 13.6 Å². The van der Waals surface area contributed by atoms with Crippen molar-refractivity contribution in [1.29, 1.82) is 0 Å². The van der Waals surface area contributed by atoms with Crippen LogP contribution in [0.15, 0.2) is 23.3 Å². The number of benzene rings is 1. The van der Waals surface area contributed by atoms with Crippen molar-refractivity contribution in [3.8, 4) is 17.2 Å². The Morgan fingerprint density at radius 1 is 1.31 bits per heavy atom. The van der Waals surface area contributed by atoms with Gasteiger partial charge in [-0.1, -0.05) is 5.11 Å². The fraction of sp³-hybridized carbons (Fsp3) is 0.667. The lowest BCUT2D eigenvalue weighted by atomic mass is 10.2. The molecule has 176 valence electrons. The molecule has 2 fully saturated rings. The van der Waals surface area contributed by atoms with E-state index in [-0.39, 0.29) is 30.6 Å². The number of ether oxygens (including phenoxy) is 4. The molecule has 1 aliphatic carbocycles. The van der Waals surface area contributed by atoms with E-state index in [1.54, 1.807) is 20.8 Å². The third kappa shape index (κ3) is 7.05. The van der Waals surface area contributed by atoms with Crippen LogP contribution < -0.4 is 14.2 Å². The Hall–Kier alpha value is -2.94. The molecule has 0 spiro atoms. The maximum atomic E-state index is 12.7. The van der Waals surface area contributed by atoms with E-state index in [9.17, 15) is 13.6 Å². The van der Waals surface area contributed by atoms with E-state index in [1.165, 1.54) is 23.1 Å². The first kappa shape index (κ1) is 23.7. The number of alkyl halides is 2. The van der Waals surface area contributed by atoms with Crippen molar-refractivity contribution in [3.63, 3.8) is 0 Å². The average molecular weight is 454 g/mol. The van der Waals surface area contributed by atoms with E-state index in [4.69, 9.17) is 19.7 Å². The normalized spacial score (nSPS) is 20.6. The summed E-state index contributed by atoms with van der Waals surface area (Å²) in [5, 5.41) is 3.59. The van der Waals surface area contributed by atoms with Crippen LogP contribution in [0, 0.1) is 5.92 Å². The van der Waals surface area contributed by atoms with E-state index in [0.717, 1.165) is 12.8 Å². The summed E-state index contributed by atoms with van der Waals surface area (Å²) >= 11 is 0. The molecule has 0 N–H and O–H groups in total. The molecule has 32 heavy (non-hydrogen) atoms. The molecule has 0 unspecified atom stereocenters. The molecule has 11 heteroatoms. The Labute approximate surface area is 185 Å². The van der Waals surface area contributed by atoms with Crippen LogP contribution in [0.1, 0.15) is 40.0 Å². The van der Waals surface area contributed by atoms with Crippen molar-refractivity contribution in [2.24, 2.45) is 11.0 Å². The van der Waals surface area contributed by atoms with Crippen LogP contribution in [0.5, 0.6) is 17.2 Å². The number of likely N-dealkylation sites (tertiary alicyclic amines) is 1. The summed E-state index contributed by atoms with van der Waals surface area (Å²) in [5.74, 6) is 0.951. The van der Waals surface area contributed by atoms with E-state index in [0.29, 0.717) is 24.7 Å². The average Bonchev–Trinajstić information content (AvgIpc) is 3.44. The molecule has 1 aromatic carbocycles. The van der Waals surface area contributed by atoms with Gasteiger partial charge in [0.25, 0.3) is 0 Å². The lowest BCUT2D eigenvalue weighted by Crippen LogP contribution is -2.41. The van der Waals surface area contributed by atoms with Crippen molar-refractivity contribution < 1.29 is 32.5 Å². The van der Waals surface area contributed by atoms with Gasteiger partial charge in [-0.2, -0.15) is 8.78 Å². The van der Waals surface area contributed by atoms with Gasteiger partial charge >= 0.3 is 12.7 Å². The Balaban J connectivity index is 1.70. The number of amides is 1. The van der Waals surface area contributed by atoms with E-state index in [2.05, 4.69) is 14.8 Å². The minimum atomic E-state index is -2.97. The molecule has 1 saturated heterocycles. The van der Waals surface area contributed by atoms with E-state index < -0.39 is 24.4 Å². The molecule has 1 amide bonds. The van der Waals surface area contributed by atoms with Crippen LogP contribution in [-0.4, -0.2) is 55.0 Å². The van der Waals surface area contributed by atoms with Crippen molar-refractivity contribution in [2.45, 2.75) is 64.4 Å². The summed E-state index contributed by atoms with van der Waals surface area (Å²) in [5.41, 5.74) is 7.99. The van der Waals surface area contributed by atoms with Gasteiger partial charge in [0.15, 0.2) is 11.5 Å². The number of hydrogen-bond donors (Lipinski definition) is 0. The highest BCUT2D eigenvalue weighted by atomic mass is 19.3. The van der Waals surface area contributed by atoms with Gasteiger partial charge in [0.2, 0.25) is 0 Å². The summed E-state index contributed by atoms with van der Waals surface area (Å²) in [7, 11) is 0. The van der Waals surface area contributed by atoms with Gasteiger partial charge in [-0.3, -0.25) is 0 Å². The monoisotopic (exact) mass is 454 g/mol. The molecule has 2 aliphatic rings. The third-order valence-corrected chi connectivity index (χ3v) is 4.97. The topological polar surface area (TPSA) is 106 Å². The number of rotatable bonds is 9. The minimum Gasteiger partial charge on any atom is -0.489 e. The highest BCUT2D eigenvalue weighted by Crippen LogP contribution is 2.37. The molecule has 3 rings (SSSR count). The van der Waals surface area contributed by atoms with Gasteiger partial charge < -0.3 is 23.8 Å². The van der Waals surface area contributed by atoms with Crippen LogP contribution in [-0.2, 0) is 4.74 Å². The summed E-state index contributed by atoms with van der Waals surface area (Å²) in [6.45, 7) is 3.08. The van der Waals surface area contributed by atoms with E-state index in [1.807, 2.05) is 0 Å². The molecule has 1 aliphatic heterocycles. The summed E-state index contributed by atoms with van der Waals surface area (Å²) < 4.78 is 47.1. The van der Waals surface area contributed by atoms with Gasteiger partial charge in [-0.05, 0) is 57.2 Å². The fourth-order valence-electron chi connectivity index (χ4n) is 3.36. The van der Waals surface area contributed by atoms with Gasteiger partial charge in [-0.15, -0.1) is 0 Å². The maximum absolute atomic E-state index is 12.7. The van der Waals surface area contributed by atoms with Crippen molar-refractivity contribution in [3.05, 3.63) is 28.6 Å². The molecule has 2 atom stereocenters. The minimum absolute atomic E-state index is 0.0592. The zero-order valence-electron chi connectivity index (χ0n) is 18.4. The lowest BCUT2D eigenvalue weighted by Gasteiger charge is -2.27. The summed E-state index contributed by atoms with van der Waals surface area (Å²) in [6, 6.07) is 4.03. The SMILES string of the molecule is CC(C)(C)OC(=O)N1C[C@@H](Oc2ccc(OC(F)F)c(OCC3CC3)c2)C[C@@H]1CN=[N+]=[N-].